The summed E-state index contributed by atoms with van der Waals surface area (Å²) in [5.74, 6) is -0.649. The molecule has 0 aliphatic carbocycles. The quantitative estimate of drug-likeness (QED) is 0.923. The van der Waals surface area contributed by atoms with Crippen molar-refractivity contribution in [1.29, 1.82) is 0 Å². The Kier molecular flexibility index (Phi) is 3.52. The first-order valence-corrected chi connectivity index (χ1v) is 5.93. The molecule has 0 radical (unpaired) electrons. The minimum atomic E-state index is -4.52. The summed E-state index contributed by atoms with van der Waals surface area (Å²) in [5, 5.41) is 5.87. The van der Waals surface area contributed by atoms with Crippen molar-refractivity contribution in [3.8, 4) is 0 Å². The van der Waals surface area contributed by atoms with Crippen LogP contribution >= 0.6 is 11.5 Å². The van der Waals surface area contributed by atoms with Gasteiger partial charge in [-0.3, -0.25) is 4.79 Å². The van der Waals surface area contributed by atoms with Crippen molar-refractivity contribution in [2.24, 2.45) is 0 Å². The lowest BCUT2D eigenvalue weighted by Gasteiger charge is -2.12. The molecular weight excluding hydrogens is 279 g/mol. The summed E-state index contributed by atoms with van der Waals surface area (Å²) in [5.41, 5.74) is -0.793. The molecule has 1 N–H and O–H groups in total. The SMILES string of the molecule is Cc1nnsc1C(=O)Nc1ccccc1C(F)(F)F. The van der Waals surface area contributed by atoms with Gasteiger partial charge in [-0.15, -0.1) is 5.10 Å². The number of benzene rings is 1. The molecule has 0 unspecified atom stereocenters. The minimum Gasteiger partial charge on any atom is -0.321 e. The number of carbonyl (C=O) groups excluding carboxylic acids is 1. The van der Waals surface area contributed by atoms with E-state index in [1.54, 1.807) is 6.92 Å². The van der Waals surface area contributed by atoms with E-state index in [0.717, 1.165) is 17.6 Å². The van der Waals surface area contributed by atoms with Crippen molar-refractivity contribution in [2.75, 3.05) is 5.32 Å². The highest BCUT2D eigenvalue weighted by atomic mass is 32.1. The van der Waals surface area contributed by atoms with Crippen molar-refractivity contribution >= 4 is 23.1 Å². The van der Waals surface area contributed by atoms with E-state index in [2.05, 4.69) is 14.9 Å². The van der Waals surface area contributed by atoms with Gasteiger partial charge in [0.05, 0.1) is 16.9 Å². The molecule has 0 spiro atoms. The second kappa shape index (κ2) is 4.96. The fraction of sp³-hybridized carbons (Fsp3) is 0.182. The molecule has 2 aromatic rings. The lowest BCUT2D eigenvalue weighted by atomic mass is 10.1. The van der Waals surface area contributed by atoms with Crippen molar-refractivity contribution in [1.82, 2.24) is 9.59 Å². The number of amides is 1. The average molecular weight is 287 g/mol. The number of hydrogen-bond acceptors (Lipinski definition) is 4. The highest BCUT2D eigenvalue weighted by Crippen LogP contribution is 2.34. The molecule has 0 bridgehead atoms. The first-order valence-electron chi connectivity index (χ1n) is 5.16. The highest BCUT2D eigenvalue weighted by Gasteiger charge is 2.33. The van der Waals surface area contributed by atoms with Crippen molar-refractivity contribution in [3.05, 3.63) is 40.4 Å². The second-order valence-electron chi connectivity index (χ2n) is 3.68. The number of anilines is 1. The molecule has 1 heterocycles. The Morgan fingerprint density at radius 1 is 1.32 bits per heavy atom. The standard InChI is InChI=1S/C11H8F3N3OS/c1-6-9(19-17-16-6)10(18)15-8-5-3-2-4-7(8)11(12,13)14/h2-5H,1H3,(H,15,18). The number of rotatable bonds is 2. The monoisotopic (exact) mass is 287 g/mol. The van der Waals surface area contributed by atoms with Crippen LogP contribution in [0.4, 0.5) is 18.9 Å². The van der Waals surface area contributed by atoms with Gasteiger partial charge in [-0.05, 0) is 30.6 Å². The third kappa shape index (κ3) is 2.90. The van der Waals surface area contributed by atoms with E-state index in [1.807, 2.05) is 0 Å². The Labute approximate surface area is 110 Å². The molecule has 0 saturated heterocycles. The maximum atomic E-state index is 12.7. The van der Waals surface area contributed by atoms with Gasteiger partial charge in [0.15, 0.2) is 0 Å². The maximum Gasteiger partial charge on any atom is 0.418 e. The molecule has 100 valence electrons. The normalized spacial score (nSPS) is 11.4. The molecule has 19 heavy (non-hydrogen) atoms. The average Bonchev–Trinajstić information content (AvgIpc) is 2.75. The minimum absolute atomic E-state index is 0.192. The van der Waals surface area contributed by atoms with Gasteiger partial charge in [-0.2, -0.15) is 13.2 Å². The summed E-state index contributed by atoms with van der Waals surface area (Å²) in [7, 11) is 0. The molecular formula is C11H8F3N3OS. The number of carbonyl (C=O) groups is 1. The van der Waals surface area contributed by atoms with Crippen LogP contribution in [0.5, 0.6) is 0 Å². The predicted molar refractivity (Wildman–Crippen MR) is 64.0 cm³/mol. The Morgan fingerprint density at radius 3 is 2.58 bits per heavy atom. The lowest BCUT2D eigenvalue weighted by molar-refractivity contribution is -0.136. The van der Waals surface area contributed by atoms with Crippen LogP contribution in [-0.2, 0) is 6.18 Å². The van der Waals surface area contributed by atoms with E-state index in [9.17, 15) is 18.0 Å². The third-order valence-electron chi connectivity index (χ3n) is 2.34. The number of aryl methyl sites for hydroxylation is 1. The van der Waals surface area contributed by atoms with E-state index in [4.69, 9.17) is 0 Å². The van der Waals surface area contributed by atoms with Gasteiger partial charge >= 0.3 is 6.18 Å². The molecule has 1 amide bonds. The number of nitrogens with one attached hydrogen (secondary N) is 1. The fourth-order valence-corrected chi connectivity index (χ4v) is 2.01. The Morgan fingerprint density at radius 2 is 2.00 bits per heavy atom. The predicted octanol–water partition coefficient (Wildman–Crippen LogP) is 3.12. The molecule has 4 nitrogen and oxygen atoms in total. The smallest absolute Gasteiger partial charge is 0.321 e. The molecule has 0 aliphatic rings. The number of nitrogens with zero attached hydrogens (tertiary/aromatic N) is 2. The molecule has 2 rings (SSSR count). The molecule has 0 atom stereocenters. The largest absolute Gasteiger partial charge is 0.418 e. The van der Waals surface area contributed by atoms with Gasteiger partial charge in [-0.1, -0.05) is 16.6 Å². The topological polar surface area (TPSA) is 54.9 Å². The number of aromatic nitrogens is 2. The number of halogens is 3. The Balaban J connectivity index is 2.30. The van der Waals surface area contributed by atoms with Gasteiger partial charge < -0.3 is 5.32 Å². The summed E-state index contributed by atoms with van der Waals surface area (Å²) in [6.07, 6.45) is -4.52. The molecule has 0 fully saturated rings. The lowest BCUT2D eigenvalue weighted by Crippen LogP contribution is -2.16. The number of hydrogen-bond donors (Lipinski definition) is 1. The maximum absolute atomic E-state index is 12.7. The first-order chi connectivity index (χ1) is 8.89. The second-order valence-corrected chi connectivity index (χ2v) is 4.44. The van der Waals surface area contributed by atoms with Gasteiger partial charge in [0, 0.05) is 0 Å². The van der Waals surface area contributed by atoms with Crippen LogP contribution in [0.3, 0.4) is 0 Å². The highest BCUT2D eigenvalue weighted by molar-refractivity contribution is 7.08. The molecule has 0 saturated carbocycles. The molecule has 8 heteroatoms. The zero-order valence-corrected chi connectivity index (χ0v) is 10.5. The molecule has 1 aromatic carbocycles. The summed E-state index contributed by atoms with van der Waals surface area (Å²) < 4.78 is 41.8. The summed E-state index contributed by atoms with van der Waals surface area (Å²) in [4.78, 5) is 12.0. The fourth-order valence-electron chi connectivity index (χ4n) is 1.46. The summed E-state index contributed by atoms with van der Waals surface area (Å²) in [6, 6.07) is 4.79. The van der Waals surface area contributed by atoms with Crippen LogP contribution in [-0.4, -0.2) is 15.5 Å². The Hall–Kier alpha value is -1.96. The van der Waals surface area contributed by atoms with Crippen LogP contribution < -0.4 is 5.32 Å². The van der Waals surface area contributed by atoms with E-state index in [1.165, 1.54) is 18.2 Å². The zero-order valence-electron chi connectivity index (χ0n) is 9.65. The van der Waals surface area contributed by atoms with Gasteiger partial charge in [0.1, 0.15) is 4.88 Å². The third-order valence-corrected chi connectivity index (χ3v) is 3.17. The molecule has 0 aliphatic heterocycles. The Bertz CT molecular complexity index is 609. The zero-order chi connectivity index (χ0) is 14.0. The van der Waals surface area contributed by atoms with Gasteiger partial charge in [0.2, 0.25) is 0 Å². The summed E-state index contributed by atoms with van der Waals surface area (Å²) in [6.45, 7) is 1.56. The van der Waals surface area contributed by atoms with Crippen molar-refractivity contribution in [2.45, 2.75) is 13.1 Å². The first kappa shape index (κ1) is 13.5. The van der Waals surface area contributed by atoms with Gasteiger partial charge in [-0.25, -0.2) is 0 Å². The van der Waals surface area contributed by atoms with Crippen LogP contribution in [0, 0.1) is 6.92 Å². The van der Waals surface area contributed by atoms with Crippen molar-refractivity contribution in [3.63, 3.8) is 0 Å². The number of alkyl halides is 3. The van der Waals surface area contributed by atoms with Gasteiger partial charge in [0.25, 0.3) is 5.91 Å². The molecule has 1 aromatic heterocycles. The van der Waals surface area contributed by atoms with E-state index in [-0.39, 0.29) is 10.6 Å². The van der Waals surface area contributed by atoms with Crippen LogP contribution in [0.1, 0.15) is 20.9 Å². The van der Waals surface area contributed by atoms with E-state index >= 15 is 0 Å². The number of para-hydroxylation sites is 1. The van der Waals surface area contributed by atoms with E-state index < -0.39 is 17.6 Å². The van der Waals surface area contributed by atoms with Crippen LogP contribution in [0.15, 0.2) is 24.3 Å². The van der Waals surface area contributed by atoms with Crippen LogP contribution in [0.2, 0.25) is 0 Å². The van der Waals surface area contributed by atoms with Crippen LogP contribution in [0.25, 0.3) is 0 Å². The summed E-state index contributed by atoms with van der Waals surface area (Å²) >= 11 is 0.836. The van der Waals surface area contributed by atoms with E-state index in [0.29, 0.717) is 5.69 Å². The van der Waals surface area contributed by atoms with Crippen molar-refractivity contribution < 1.29 is 18.0 Å².